The summed E-state index contributed by atoms with van der Waals surface area (Å²) in [7, 11) is 1.57. The molecule has 0 aliphatic carbocycles. The van der Waals surface area contributed by atoms with Gasteiger partial charge in [-0.25, -0.2) is 0 Å². The van der Waals surface area contributed by atoms with Crippen molar-refractivity contribution in [2.75, 3.05) is 30.8 Å². The van der Waals surface area contributed by atoms with Crippen LogP contribution < -0.4 is 10.6 Å². The van der Waals surface area contributed by atoms with Crippen molar-refractivity contribution in [1.29, 1.82) is 0 Å². The van der Waals surface area contributed by atoms with E-state index in [2.05, 4.69) is 10.6 Å². The van der Waals surface area contributed by atoms with Crippen LogP contribution in [-0.4, -0.2) is 36.9 Å². The number of likely N-dealkylation sites (N-methyl/N-ethyl adjacent to an activating group) is 1. The number of halogens is 4. The molecular formula is C21H23ClF3N3O2. The first-order valence-corrected chi connectivity index (χ1v) is 9.59. The van der Waals surface area contributed by atoms with Gasteiger partial charge in [0.15, 0.2) is 0 Å². The maximum atomic E-state index is 12.9. The Hall–Kier alpha value is -2.58. The van der Waals surface area contributed by atoms with Crippen LogP contribution in [0.2, 0.25) is 5.02 Å². The number of nitrogens with zero attached hydrogens (tertiary/aromatic N) is 1. The van der Waals surface area contributed by atoms with Crippen molar-refractivity contribution >= 4 is 34.8 Å². The van der Waals surface area contributed by atoms with Crippen LogP contribution in [0.5, 0.6) is 0 Å². The van der Waals surface area contributed by atoms with E-state index < -0.39 is 22.7 Å². The third-order valence-electron chi connectivity index (χ3n) is 4.24. The predicted molar refractivity (Wildman–Crippen MR) is 112 cm³/mol. The maximum Gasteiger partial charge on any atom is 0.417 e. The second kappa shape index (κ2) is 9.95. The molecule has 0 saturated heterocycles. The first kappa shape index (κ1) is 23.7. The lowest BCUT2D eigenvalue weighted by molar-refractivity contribution is -0.137. The number of amides is 2. The van der Waals surface area contributed by atoms with Crippen molar-refractivity contribution in [3.05, 3.63) is 58.6 Å². The van der Waals surface area contributed by atoms with Crippen LogP contribution in [0.25, 0.3) is 0 Å². The molecule has 0 radical (unpaired) electrons. The van der Waals surface area contributed by atoms with Gasteiger partial charge in [0.25, 0.3) is 0 Å². The molecule has 0 unspecified atom stereocenters. The Kier molecular flexibility index (Phi) is 7.86. The molecule has 0 aliphatic rings. The van der Waals surface area contributed by atoms with Gasteiger partial charge in [-0.2, -0.15) is 13.2 Å². The van der Waals surface area contributed by atoms with E-state index in [1.165, 1.54) is 11.0 Å². The smallest absolute Gasteiger partial charge is 0.325 e. The third-order valence-corrected chi connectivity index (χ3v) is 4.57. The number of benzene rings is 2. The average Bonchev–Trinajstić information content (AvgIpc) is 2.62. The molecule has 30 heavy (non-hydrogen) atoms. The number of nitrogens with one attached hydrogen (secondary N) is 2. The summed E-state index contributed by atoms with van der Waals surface area (Å²) in [5.74, 6) is -0.626. The second-order valence-electron chi connectivity index (χ2n) is 7.20. The second-order valence-corrected chi connectivity index (χ2v) is 7.61. The third kappa shape index (κ3) is 6.74. The molecule has 0 fully saturated rings. The van der Waals surface area contributed by atoms with E-state index in [9.17, 15) is 22.8 Å². The lowest BCUT2D eigenvalue weighted by atomic mass is 10.0. The summed E-state index contributed by atoms with van der Waals surface area (Å²) in [6.07, 6.45) is -4.63. The number of hydrogen-bond acceptors (Lipinski definition) is 3. The summed E-state index contributed by atoms with van der Waals surface area (Å²) in [6.45, 7) is 3.79. The monoisotopic (exact) mass is 441 g/mol. The summed E-state index contributed by atoms with van der Waals surface area (Å²) in [6, 6.07) is 10.6. The highest BCUT2D eigenvalue weighted by molar-refractivity contribution is 6.31. The molecule has 0 aromatic heterocycles. The fourth-order valence-corrected chi connectivity index (χ4v) is 3.10. The van der Waals surface area contributed by atoms with Crippen molar-refractivity contribution in [2.24, 2.45) is 0 Å². The summed E-state index contributed by atoms with van der Waals surface area (Å²) >= 11 is 5.57. The Morgan fingerprint density at radius 3 is 2.23 bits per heavy atom. The fraction of sp³-hybridized carbons (Fsp3) is 0.333. The van der Waals surface area contributed by atoms with Crippen molar-refractivity contribution in [3.8, 4) is 0 Å². The zero-order valence-electron chi connectivity index (χ0n) is 16.8. The number of anilines is 2. The molecule has 0 heterocycles. The maximum absolute atomic E-state index is 12.9. The van der Waals surface area contributed by atoms with E-state index in [1.807, 2.05) is 32.0 Å². The van der Waals surface area contributed by atoms with Gasteiger partial charge in [-0.3, -0.25) is 14.5 Å². The Labute approximate surface area is 178 Å². The zero-order chi connectivity index (χ0) is 22.5. The first-order valence-electron chi connectivity index (χ1n) is 9.21. The van der Waals surface area contributed by atoms with Crippen LogP contribution in [0.3, 0.4) is 0 Å². The summed E-state index contributed by atoms with van der Waals surface area (Å²) in [4.78, 5) is 25.9. The molecule has 2 rings (SSSR count). The van der Waals surface area contributed by atoms with Crippen molar-refractivity contribution in [3.63, 3.8) is 0 Å². The molecule has 2 amide bonds. The zero-order valence-corrected chi connectivity index (χ0v) is 17.6. The molecule has 0 saturated carbocycles. The van der Waals surface area contributed by atoms with E-state index >= 15 is 0 Å². The Balaban J connectivity index is 1.93. The molecular weight excluding hydrogens is 419 g/mol. The molecule has 0 aliphatic heterocycles. The number of hydrogen-bond donors (Lipinski definition) is 2. The fourth-order valence-electron chi connectivity index (χ4n) is 2.87. The van der Waals surface area contributed by atoms with Gasteiger partial charge in [-0.1, -0.05) is 43.6 Å². The first-order chi connectivity index (χ1) is 14.0. The van der Waals surface area contributed by atoms with Crippen molar-refractivity contribution in [1.82, 2.24) is 4.90 Å². The van der Waals surface area contributed by atoms with Gasteiger partial charge in [-0.05, 0) is 42.8 Å². The van der Waals surface area contributed by atoms with Gasteiger partial charge >= 0.3 is 6.18 Å². The van der Waals surface area contributed by atoms with Crippen LogP contribution >= 0.6 is 11.6 Å². The van der Waals surface area contributed by atoms with Crippen LogP contribution in [0.4, 0.5) is 24.5 Å². The molecule has 0 atom stereocenters. The van der Waals surface area contributed by atoms with Gasteiger partial charge in [0.1, 0.15) is 0 Å². The van der Waals surface area contributed by atoms with Gasteiger partial charge < -0.3 is 10.6 Å². The standard InChI is InChI=1S/C21H23ClF3N3O2/c1-13(2)15-6-4-5-7-18(15)27-20(30)12-28(3)11-19(29)26-14-8-9-17(22)16(10-14)21(23,24)25/h4-10,13H,11-12H2,1-3H3,(H,26,29)(H,27,30). The molecule has 9 heteroatoms. The molecule has 2 aromatic rings. The lowest BCUT2D eigenvalue weighted by Gasteiger charge is -2.18. The molecule has 2 aromatic carbocycles. The minimum absolute atomic E-state index is 0.0274. The number of rotatable bonds is 7. The average molecular weight is 442 g/mol. The topological polar surface area (TPSA) is 61.4 Å². The summed E-state index contributed by atoms with van der Waals surface area (Å²) < 4.78 is 38.8. The van der Waals surface area contributed by atoms with Crippen LogP contribution in [0.1, 0.15) is 30.9 Å². The number of carbonyl (C=O) groups is 2. The van der Waals surface area contributed by atoms with E-state index in [-0.39, 0.29) is 30.6 Å². The summed E-state index contributed by atoms with van der Waals surface area (Å²) in [5.41, 5.74) is 0.643. The lowest BCUT2D eigenvalue weighted by Crippen LogP contribution is -2.36. The highest BCUT2D eigenvalue weighted by atomic mass is 35.5. The van der Waals surface area contributed by atoms with E-state index in [0.717, 1.165) is 17.7 Å². The minimum Gasteiger partial charge on any atom is -0.325 e. The molecule has 2 N–H and O–H groups in total. The number of para-hydroxylation sites is 1. The van der Waals surface area contributed by atoms with E-state index in [0.29, 0.717) is 5.69 Å². The normalized spacial score (nSPS) is 11.6. The predicted octanol–water partition coefficient (Wildman–Crippen LogP) is 4.99. The Morgan fingerprint density at radius 2 is 1.63 bits per heavy atom. The van der Waals surface area contributed by atoms with Crippen LogP contribution in [-0.2, 0) is 15.8 Å². The van der Waals surface area contributed by atoms with Crippen LogP contribution in [0, 0.1) is 0 Å². The highest BCUT2D eigenvalue weighted by Gasteiger charge is 2.33. The molecule has 0 bridgehead atoms. The Bertz CT molecular complexity index is 917. The molecule has 5 nitrogen and oxygen atoms in total. The number of alkyl halides is 3. The van der Waals surface area contributed by atoms with Gasteiger partial charge in [0.05, 0.1) is 23.7 Å². The SMILES string of the molecule is CC(C)c1ccccc1NC(=O)CN(C)CC(=O)Nc1ccc(Cl)c(C(F)(F)F)c1. The van der Waals surface area contributed by atoms with Gasteiger partial charge in [0, 0.05) is 11.4 Å². The van der Waals surface area contributed by atoms with Gasteiger partial charge in [0.2, 0.25) is 11.8 Å². The molecule has 0 spiro atoms. The Morgan fingerprint density at radius 1 is 1.03 bits per heavy atom. The van der Waals surface area contributed by atoms with E-state index in [1.54, 1.807) is 13.1 Å². The number of carbonyl (C=O) groups excluding carboxylic acids is 2. The van der Waals surface area contributed by atoms with Gasteiger partial charge in [-0.15, -0.1) is 0 Å². The van der Waals surface area contributed by atoms with Crippen molar-refractivity contribution in [2.45, 2.75) is 25.9 Å². The highest BCUT2D eigenvalue weighted by Crippen LogP contribution is 2.36. The summed E-state index contributed by atoms with van der Waals surface area (Å²) in [5, 5.41) is 4.76. The minimum atomic E-state index is -4.63. The van der Waals surface area contributed by atoms with E-state index in [4.69, 9.17) is 11.6 Å². The largest absolute Gasteiger partial charge is 0.417 e. The van der Waals surface area contributed by atoms with Crippen molar-refractivity contribution < 1.29 is 22.8 Å². The quantitative estimate of drug-likeness (QED) is 0.636. The van der Waals surface area contributed by atoms with Crippen LogP contribution in [0.15, 0.2) is 42.5 Å². The molecule has 162 valence electrons.